The van der Waals surface area contributed by atoms with Gasteiger partial charge in [-0.3, -0.25) is 10.2 Å². The van der Waals surface area contributed by atoms with Crippen molar-refractivity contribution in [3.8, 4) is 11.5 Å². The van der Waals surface area contributed by atoms with Crippen LogP contribution in [0.2, 0.25) is 0 Å². The van der Waals surface area contributed by atoms with E-state index in [0.717, 1.165) is 60.5 Å². The van der Waals surface area contributed by atoms with Crippen LogP contribution in [0.25, 0.3) is 10.2 Å². The zero-order chi connectivity index (χ0) is 23.9. The lowest BCUT2D eigenvalue weighted by Crippen LogP contribution is -2.49. The molecule has 0 spiro atoms. The Morgan fingerprint density at radius 3 is 2.69 bits per heavy atom. The van der Waals surface area contributed by atoms with Crippen molar-refractivity contribution in [1.82, 2.24) is 15.4 Å². The first kappa shape index (κ1) is 30.5. The fourth-order valence-electron chi connectivity index (χ4n) is 5.03. The van der Waals surface area contributed by atoms with Crippen molar-refractivity contribution < 1.29 is 9.47 Å². The van der Waals surface area contributed by atoms with Crippen molar-refractivity contribution in [2.45, 2.75) is 64.3 Å². The highest BCUT2D eigenvalue weighted by atomic mass is 35.5. The number of methoxy groups -OCH3 is 2. The molecule has 0 fully saturated rings. The number of nitrogens with one attached hydrogen (secondary N) is 2. The number of hydrazine groups is 1. The largest absolute Gasteiger partial charge is 0.493 e. The Bertz CT molecular complexity index is 1150. The van der Waals surface area contributed by atoms with Gasteiger partial charge in [0.1, 0.15) is 0 Å². The van der Waals surface area contributed by atoms with E-state index in [1.165, 1.54) is 53.7 Å². The molecule has 36 heavy (non-hydrogen) atoms. The van der Waals surface area contributed by atoms with Gasteiger partial charge in [-0.1, -0.05) is 49.7 Å². The van der Waals surface area contributed by atoms with Gasteiger partial charge in [0.15, 0.2) is 11.5 Å². The van der Waals surface area contributed by atoms with Gasteiger partial charge in [0, 0.05) is 24.7 Å². The average Bonchev–Trinajstić information content (AvgIpc) is 3.23. The smallest absolute Gasteiger partial charge is 0.305 e. The summed E-state index contributed by atoms with van der Waals surface area (Å²) in [6.07, 6.45) is 9.04. The maximum absolute atomic E-state index is 11.6. The lowest BCUT2D eigenvalue weighted by molar-refractivity contribution is 0.109. The molecular weight excluding hydrogens is 517 g/mol. The number of hydrogen-bond donors (Lipinski definition) is 2. The Morgan fingerprint density at radius 1 is 1.11 bits per heavy atom. The molecule has 4 rings (SSSR count). The van der Waals surface area contributed by atoms with Gasteiger partial charge >= 0.3 is 4.87 Å². The monoisotopic (exact) mass is 555 g/mol. The Balaban J connectivity index is 0.00000228. The number of unbranched alkanes of at least 4 members (excludes halogenated alkanes) is 3. The minimum Gasteiger partial charge on any atom is -0.493 e. The second kappa shape index (κ2) is 14.8. The minimum atomic E-state index is 0. The Labute approximate surface area is 230 Å². The van der Waals surface area contributed by atoms with Gasteiger partial charge < -0.3 is 14.5 Å². The van der Waals surface area contributed by atoms with Crippen LogP contribution in [0.1, 0.15) is 55.7 Å². The summed E-state index contributed by atoms with van der Waals surface area (Å²) in [6.45, 7) is 4.19. The van der Waals surface area contributed by atoms with Crippen LogP contribution in [0.15, 0.2) is 35.1 Å². The molecule has 1 unspecified atom stereocenters. The fraction of sp³-hybridized carbons (Fsp3) is 0.519. The molecule has 1 heterocycles. The van der Waals surface area contributed by atoms with Crippen molar-refractivity contribution in [3.05, 3.63) is 56.7 Å². The second-order valence-corrected chi connectivity index (χ2v) is 10.1. The summed E-state index contributed by atoms with van der Waals surface area (Å²) >= 11 is 1.27. The summed E-state index contributed by atoms with van der Waals surface area (Å²) in [7, 11) is 3.43. The molecule has 0 saturated heterocycles. The van der Waals surface area contributed by atoms with Gasteiger partial charge in [-0.2, -0.15) is 0 Å². The minimum absolute atomic E-state index is 0. The van der Waals surface area contributed by atoms with Crippen LogP contribution in [-0.2, 0) is 19.3 Å². The number of nitrogens with zero attached hydrogens (tertiary/aromatic N) is 1. The number of thiazole rings is 1. The van der Waals surface area contributed by atoms with E-state index >= 15 is 0 Å². The topological polar surface area (TPSA) is 66.6 Å². The maximum Gasteiger partial charge on any atom is 0.305 e. The third-order valence-electron chi connectivity index (χ3n) is 6.83. The molecule has 0 saturated carbocycles. The van der Waals surface area contributed by atoms with Crippen LogP contribution in [0.4, 0.5) is 0 Å². The van der Waals surface area contributed by atoms with Crippen LogP contribution < -0.4 is 19.8 Å². The second-order valence-electron chi connectivity index (χ2n) is 9.09. The molecule has 0 radical (unpaired) electrons. The number of halogens is 2. The summed E-state index contributed by atoms with van der Waals surface area (Å²) in [5.41, 5.74) is 8.60. The quantitative estimate of drug-likeness (QED) is 0.214. The van der Waals surface area contributed by atoms with Crippen molar-refractivity contribution in [2.24, 2.45) is 0 Å². The number of H-pyrrole nitrogens is 1. The molecule has 2 aromatic carbocycles. The summed E-state index contributed by atoms with van der Waals surface area (Å²) in [4.78, 5) is 14.6. The van der Waals surface area contributed by atoms with Crippen molar-refractivity contribution in [3.63, 3.8) is 0 Å². The van der Waals surface area contributed by atoms with Crippen LogP contribution in [0.5, 0.6) is 11.5 Å². The van der Waals surface area contributed by atoms with Crippen LogP contribution in [0, 0.1) is 0 Å². The van der Waals surface area contributed by atoms with E-state index in [4.69, 9.17) is 9.47 Å². The third-order valence-corrected chi connectivity index (χ3v) is 7.70. The van der Waals surface area contributed by atoms with Crippen molar-refractivity contribution in [2.75, 3.05) is 27.3 Å². The molecule has 1 aliphatic carbocycles. The van der Waals surface area contributed by atoms with Crippen LogP contribution in [-0.4, -0.2) is 43.3 Å². The molecule has 0 bridgehead atoms. The SMILES string of the molecule is CCCCCCN(NCCc1ccc2sc(=O)[nH]c2c1)C1CCc2c(ccc(OC)c2OC)C1.Cl.Cl. The predicted molar refractivity (Wildman–Crippen MR) is 155 cm³/mol. The number of benzene rings is 2. The van der Waals surface area contributed by atoms with Crippen molar-refractivity contribution >= 4 is 46.4 Å². The first-order valence-electron chi connectivity index (χ1n) is 12.5. The molecule has 9 heteroatoms. The Hall–Kier alpha value is -1.77. The molecule has 1 atom stereocenters. The van der Waals surface area contributed by atoms with E-state index in [1.54, 1.807) is 14.2 Å². The lowest BCUT2D eigenvalue weighted by Gasteiger charge is -2.36. The molecular formula is C27H39Cl2N3O3S. The number of rotatable bonds is 12. The normalized spacial score (nSPS) is 14.7. The summed E-state index contributed by atoms with van der Waals surface area (Å²) in [5, 5.41) is 2.49. The summed E-state index contributed by atoms with van der Waals surface area (Å²) in [6, 6.07) is 11.0. The zero-order valence-corrected chi connectivity index (χ0v) is 23.9. The van der Waals surface area contributed by atoms with Crippen LogP contribution in [0.3, 0.4) is 0 Å². The zero-order valence-electron chi connectivity index (χ0n) is 21.4. The Morgan fingerprint density at radius 2 is 1.94 bits per heavy atom. The molecule has 200 valence electrons. The van der Waals surface area contributed by atoms with E-state index in [2.05, 4.69) is 46.6 Å². The molecule has 1 aliphatic rings. The van der Waals surface area contributed by atoms with Gasteiger partial charge in [-0.15, -0.1) is 24.8 Å². The van der Waals surface area contributed by atoms with Gasteiger partial charge in [0.2, 0.25) is 0 Å². The molecule has 0 aliphatic heterocycles. The number of ether oxygens (including phenoxy) is 2. The standard InChI is InChI=1S/C27H37N3O3S.2ClH/c1-4-5-6-7-16-30(28-15-14-19-8-13-25-23(17-19)29-27(31)34-25)21-10-11-22-20(18-21)9-12-24(32-2)26(22)33-3;;/h8-9,12-13,17,21,28H,4-7,10-11,14-16,18H2,1-3H3,(H,29,31);2*1H. The number of aromatic nitrogens is 1. The molecule has 2 N–H and O–H groups in total. The predicted octanol–water partition coefficient (Wildman–Crippen LogP) is 5.94. The van der Waals surface area contributed by atoms with E-state index < -0.39 is 0 Å². The molecule has 6 nitrogen and oxygen atoms in total. The van der Waals surface area contributed by atoms with Gasteiger partial charge in [0.05, 0.1) is 24.4 Å². The lowest BCUT2D eigenvalue weighted by atomic mass is 9.87. The molecule has 0 amide bonds. The van der Waals surface area contributed by atoms with Gasteiger partial charge in [0.25, 0.3) is 0 Å². The average molecular weight is 557 g/mol. The van der Waals surface area contributed by atoms with E-state index in [1.807, 2.05) is 6.07 Å². The van der Waals surface area contributed by atoms with E-state index in [9.17, 15) is 4.79 Å². The number of aromatic amines is 1. The molecule has 3 aromatic rings. The first-order valence-corrected chi connectivity index (χ1v) is 13.3. The summed E-state index contributed by atoms with van der Waals surface area (Å²) < 4.78 is 12.2. The highest BCUT2D eigenvalue weighted by molar-refractivity contribution is 7.16. The van der Waals surface area contributed by atoms with Gasteiger partial charge in [-0.05, 0) is 61.4 Å². The number of hydrogen-bond acceptors (Lipinski definition) is 6. The first-order chi connectivity index (χ1) is 16.6. The Kier molecular flexibility index (Phi) is 12.6. The fourth-order valence-corrected chi connectivity index (χ4v) is 5.74. The summed E-state index contributed by atoms with van der Waals surface area (Å²) in [5.74, 6) is 1.71. The number of fused-ring (bicyclic) bond motifs is 2. The van der Waals surface area contributed by atoms with Crippen molar-refractivity contribution in [1.29, 1.82) is 0 Å². The highest BCUT2D eigenvalue weighted by Crippen LogP contribution is 2.38. The van der Waals surface area contributed by atoms with Gasteiger partial charge in [-0.25, -0.2) is 5.01 Å². The molecule has 1 aromatic heterocycles. The van der Waals surface area contributed by atoms with E-state index in [0.29, 0.717) is 6.04 Å². The van der Waals surface area contributed by atoms with E-state index in [-0.39, 0.29) is 29.7 Å². The highest BCUT2D eigenvalue weighted by Gasteiger charge is 2.27. The maximum atomic E-state index is 11.6. The van der Waals surface area contributed by atoms with Crippen LogP contribution >= 0.6 is 36.2 Å². The third kappa shape index (κ3) is 7.39.